The van der Waals surface area contributed by atoms with Gasteiger partial charge in [-0.05, 0) is 35.9 Å². The fourth-order valence-corrected chi connectivity index (χ4v) is 3.67. The number of benzene rings is 2. The van der Waals surface area contributed by atoms with Gasteiger partial charge in [0.2, 0.25) is 0 Å². The molecule has 1 nitrogen and oxygen atoms in total. The molecule has 3 rings (SSSR count). The maximum absolute atomic E-state index is 12.5. The molecule has 0 aromatic heterocycles. The van der Waals surface area contributed by atoms with Crippen molar-refractivity contribution in [2.45, 2.75) is 17.0 Å². The van der Waals surface area contributed by atoms with Crippen molar-refractivity contribution in [2.24, 2.45) is 0 Å². The Kier molecular flexibility index (Phi) is 3.85. The smallest absolute Gasteiger partial charge is 0.384 e. The molecule has 1 N–H and O–H groups in total. The highest BCUT2D eigenvalue weighted by Gasteiger charge is 2.30. The highest BCUT2D eigenvalue weighted by atomic mass is 32.2. The van der Waals surface area contributed by atoms with Crippen LogP contribution in [0.1, 0.15) is 17.0 Å². The van der Waals surface area contributed by atoms with Gasteiger partial charge in [0, 0.05) is 28.8 Å². The van der Waals surface area contributed by atoms with Crippen molar-refractivity contribution in [3.63, 3.8) is 0 Å². The number of thioether (sulfide) groups is 1. The first-order valence-electron chi connectivity index (χ1n) is 6.67. The van der Waals surface area contributed by atoms with Gasteiger partial charge in [0.15, 0.2) is 0 Å². The standard InChI is InChI=1S/C16H14F3NS/c17-16(18,19)12-5-7-13(8-6-12)20-9-11-10-21-15-4-2-1-3-14(11)15/h1-8,11,20H,9-10H2. The minimum absolute atomic E-state index is 0.397. The highest BCUT2D eigenvalue weighted by Crippen LogP contribution is 2.39. The predicted octanol–water partition coefficient (Wildman–Crippen LogP) is 5.01. The average molecular weight is 309 g/mol. The van der Waals surface area contributed by atoms with Crippen LogP contribution in [0.15, 0.2) is 53.4 Å². The summed E-state index contributed by atoms with van der Waals surface area (Å²) in [6.07, 6.45) is -4.28. The average Bonchev–Trinajstić information content (AvgIpc) is 2.88. The molecule has 0 amide bonds. The highest BCUT2D eigenvalue weighted by molar-refractivity contribution is 7.99. The van der Waals surface area contributed by atoms with Crippen molar-refractivity contribution in [1.29, 1.82) is 0 Å². The van der Waals surface area contributed by atoms with Crippen LogP contribution >= 0.6 is 11.8 Å². The van der Waals surface area contributed by atoms with Crippen LogP contribution in [0.4, 0.5) is 18.9 Å². The van der Waals surface area contributed by atoms with Crippen molar-refractivity contribution in [2.75, 3.05) is 17.6 Å². The van der Waals surface area contributed by atoms with Crippen molar-refractivity contribution in [3.05, 3.63) is 59.7 Å². The molecule has 2 aromatic rings. The molecular weight excluding hydrogens is 295 g/mol. The largest absolute Gasteiger partial charge is 0.416 e. The molecule has 1 atom stereocenters. The minimum atomic E-state index is -4.28. The number of hydrogen-bond donors (Lipinski definition) is 1. The minimum Gasteiger partial charge on any atom is -0.384 e. The van der Waals surface area contributed by atoms with E-state index < -0.39 is 11.7 Å². The Morgan fingerprint density at radius 2 is 1.76 bits per heavy atom. The molecule has 0 bridgehead atoms. The Morgan fingerprint density at radius 1 is 1.05 bits per heavy atom. The van der Waals surface area contributed by atoms with Crippen LogP contribution in [0.5, 0.6) is 0 Å². The van der Waals surface area contributed by atoms with Crippen LogP contribution in [0, 0.1) is 0 Å². The molecule has 21 heavy (non-hydrogen) atoms. The monoisotopic (exact) mass is 309 g/mol. The number of anilines is 1. The van der Waals surface area contributed by atoms with Crippen LogP contribution in [-0.2, 0) is 6.18 Å². The third kappa shape index (κ3) is 3.18. The van der Waals surface area contributed by atoms with Gasteiger partial charge in [-0.25, -0.2) is 0 Å². The molecule has 1 aliphatic rings. The van der Waals surface area contributed by atoms with E-state index in [2.05, 4.69) is 17.4 Å². The summed E-state index contributed by atoms with van der Waals surface area (Å²) < 4.78 is 37.5. The lowest BCUT2D eigenvalue weighted by atomic mass is 10.0. The van der Waals surface area contributed by atoms with Crippen LogP contribution < -0.4 is 5.32 Å². The van der Waals surface area contributed by atoms with E-state index in [0.29, 0.717) is 5.92 Å². The lowest BCUT2D eigenvalue weighted by Gasteiger charge is -2.14. The van der Waals surface area contributed by atoms with Gasteiger partial charge in [-0.2, -0.15) is 13.2 Å². The summed E-state index contributed by atoms with van der Waals surface area (Å²) >= 11 is 1.83. The molecule has 2 aromatic carbocycles. The molecule has 0 spiro atoms. The molecule has 5 heteroatoms. The number of hydrogen-bond acceptors (Lipinski definition) is 2. The lowest BCUT2D eigenvalue weighted by molar-refractivity contribution is -0.137. The number of halogens is 3. The first-order valence-corrected chi connectivity index (χ1v) is 7.65. The van der Waals surface area contributed by atoms with Crippen molar-refractivity contribution in [1.82, 2.24) is 0 Å². The second-order valence-corrected chi connectivity index (χ2v) is 6.06. The summed E-state index contributed by atoms with van der Waals surface area (Å²) in [5, 5.41) is 3.23. The molecule has 1 heterocycles. The zero-order chi connectivity index (χ0) is 14.9. The zero-order valence-corrected chi connectivity index (χ0v) is 12.0. The molecule has 0 saturated carbocycles. The van der Waals surface area contributed by atoms with E-state index in [4.69, 9.17) is 0 Å². The van der Waals surface area contributed by atoms with Gasteiger partial charge in [-0.1, -0.05) is 18.2 Å². The Morgan fingerprint density at radius 3 is 2.48 bits per heavy atom. The van der Waals surface area contributed by atoms with E-state index in [0.717, 1.165) is 30.1 Å². The molecular formula is C16H14F3NS. The summed E-state index contributed by atoms with van der Waals surface area (Å²) in [6, 6.07) is 13.5. The van der Waals surface area contributed by atoms with Gasteiger partial charge < -0.3 is 5.32 Å². The predicted molar refractivity (Wildman–Crippen MR) is 79.8 cm³/mol. The first-order chi connectivity index (χ1) is 10.0. The second kappa shape index (κ2) is 5.64. The number of rotatable bonds is 3. The van der Waals surface area contributed by atoms with E-state index in [-0.39, 0.29) is 0 Å². The van der Waals surface area contributed by atoms with Gasteiger partial charge in [0.05, 0.1) is 5.56 Å². The van der Waals surface area contributed by atoms with Crippen LogP contribution in [-0.4, -0.2) is 12.3 Å². The van der Waals surface area contributed by atoms with E-state index in [1.807, 2.05) is 23.9 Å². The van der Waals surface area contributed by atoms with Crippen LogP contribution in [0.2, 0.25) is 0 Å². The Labute approximate surface area is 125 Å². The fourth-order valence-electron chi connectivity index (χ4n) is 2.42. The normalized spacial score (nSPS) is 17.6. The van der Waals surface area contributed by atoms with Crippen LogP contribution in [0.3, 0.4) is 0 Å². The van der Waals surface area contributed by atoms with Crippen molar-refractivity contribution in [3.8, 4) is 0 Å². The topological polar surface area (TPSA) is 12.0 Å². The third-order valence-corrected chi connectivity index (χ3v) is 4.82. The lowest BCUT2D eigenvalue weighted by Crippen LogP contribution is -2.12. The molecule has 110 valence electrons. The third-order valence-electron chi connectivity index (χ3n) is 3.56. The molecule has 0 radical (unpaired) electrons. The Balaban J connectivity index is 1.64. The first kappa shape index (κ1) is 14.3. The molecule has 1 aliphatic heterocycles. The van der Waals surface area contributed by atoms with Gasteiger partial charge in [-0.3, -0.25) is 0 Å². The van der Waals surface area contributed by atoms with E-state index in [1.54, 1.807) is 0 Å². The van der Waals surface area contributed by atoms with Gasteiger partial charge in [0.1, 0.15) is 0 Å². The van der Waals surface area contributed by atoms with Crippen LogP contribution in [0.25, 0.3) is 0 Å². The molecule has 1 unspecified atom stereocenters. The number of alkyl halides is 3. The fraction of sp³-hybridized carbons (Fsp3) is 0.250. The van der Waals surface area contributed by atoms with Gasteiger partial charge in [0.25, 0.3) is 0 Å². The SMILES string of the molecule is FC(F)(F)c1ccc(NCC2CSc3ccccc32)cc1. The maximum Gasteiger partial charge on any atom is 0.416 e. The summed E-state index contributed by atoms with van der Waals surface area (Å²) in [5.41, 5.74) is 1.43. The quantitative estimate of drug-likeness (QED) is 0.855. The van der Waals surface area contributed by atoms with Gasteiger partial charge >= 0.3 is 6.18 Å². The molecule has 0 fully saturated rings. The Hall–Kier alpha value is -1.62. The van der Waals surface area contributed by atoms with Crippen molar-refractivity contribution < 1.29 is 13.2 Å². The van der Waals surface area contributed by atoms with E-state index >= 15 is 0 Å². The zero-order valence-electron chi connectivity index (χ0n) is 11.2. The maximum atomic E-state index is 12.5. The number of fused-ring (bicyclic) bond motifs is 1. The summed E-state index contributed by atoms with van der Waals surface area (Å²) in [6.45, 7) is 0.732. The number of nitrogens with one attached hydrogen (secondary N) is 1. The molecule has 0 saturated heterocycles. The van der Waals surface area contributed by atoms with E-state index in [9.17, 15) is 13.2 Å². The van der Waals surface area contributed by atoms with E-state index in [1.165, 1.54) is 22.6 Å². The summed E-state index contributed by atoms with van der Waals surface area (Å²) in [7, 11) is 0. The van der Waals surface area contributed by atoms with Crippen molar-refractivity contribution >= 4 is 17.4 Å². The summed E-state index contributed by atoms with van der Waals surface area (Å²) in [5.74, 6) is 1.40. The van der Waals surface area contributed by atoms with Gasteiger partial charge in [-0.15, -0.1) is 11.8 Å². The summed E-state index contributed by atoms with van der Waals surface area (Å²) in [4.78, 5) is 1.30. The second-order valence-electron chi connectivity index (χ2n) is 5.00. The Bertz CT molecular complexity index is 622. The molecule has 0 aliphatic carbocycles.